The van der Waals surface area contributed by atoms with Crippen molar-refractivity contribution in [3.8, 4) is 0 Å². The number of hydrogen-bond acceptors (Lipinski definition) is 20. The van der Waals surface area contributed by atoms with Crippen LogP contribution in [0.4, 0.5) is 33.1 Å². The molecule has 28 nitrogen and oxygen atoms in total. The fraction of sp³-hybridized carbons (Fsp3) is 0.741. The summed E-state index contributed by atoms with van der Waals surface area (Å²) in [6, 6.07) is -3.11. The van der Waals surface area contributed by atoms with Gasteiger partial charge >= 0.3 is 12.1 Å². The van der Waals surface area contributed by atoms with Crippen molar-refractivity contribution in [1.29, 1.82) is 0 Å². The first-order valence-electron chi connectivity index (χ1n) is 30.3. The Kier molecular flexibility index (Phi) is 15.6. The second kappa shape index (κ2) is 23.3. The van der Waals surface area contributed by atoms with Gasteiger partial charge in [0.05, 0.1) is 36.8 Å². The third-order valence-corrected chi connectivity index (χ3v) is 19.3. The molecule has 14 N–H and O–H groups in total. The van der Waals surface area contributed by atoms with Crippen molar-refractivity contribution in [2.45, 2.75) is 188 Å². The SMILES string of the molecule is O=C(N[C@@H]1CCNC1)N[C@@H]1CCN(c2nc(NC3CCC(Nc4nc(N5CC[C@@H](NC(=O)N[C@@H]6CCNC6)C5)nc5c4ncn5[C@@H]4C[C@H](NC(=O)C5CCC5)[C@@H](O)[C@H]4O)CC3)c3ncn([C@@H]4C[C@H](NC(=O)C5CCC5)[C@@H](O)[C@H]4O)c3n2)C1. The third kappa shape index (κ3) is 11.2. The van der Waals surface area contributed by atoms with Gasteiger partial charge in [0, 0.05) is 87.4 Å². The minimum Gasteiger partial charge on any atom is -0.388 e. The molecule has 6 amide bonds. The van der Waals surface area contributed by atoms with Gasteiger partial charge in [0.1, 0.15) is 24.4 Å². The van der Waals surface area contributed by atoms with Crippen molar-refractivity contribution in [2.75, 3.05) is 72.8 Å². The number of amides is 6. The largest absolute Gasteiger partial charge is 0.388 e. The first-order chi connectivity index (χ1) is 39.8. The number of imidazole rings is 2. The highest BCUT2D eigenvalue weighted by Gasteiger charge is 2.47. The zero-order chi connectivity index (χ0) is 56.2. The molecule has 0 radical (unpaired) electrons. The van der Waals surface area contributed by atoms with E-state index in [4.69, 9.17) is 29.9 Å². The van der Waals surface area contributed by atoms with Crippen LogP contribution in [0, 0.1) is 11.8 Å². The van der Waals surface area contributed by atoms with E-state index in [1.807, 2.05) is 0 Å². The number of fused-ring (bicyclic) bond motifs is 2. The molecule has 5 saturated carbocycles. The van der Waals surface area contributed by atoms with Crippen LogP contribution in [0.15, 0.2) is 12.7 Å². The van der Waals surface area contributed by atoms with E-state index in [2.05, 4.69) is 63.0 Å². The molecule has 8 heterocycles. The molecule has 9 aliphatic rings. The van der Waals surface area contributed by atoms with Gasteiger partial charge in [0.25, 0.3) is 0 Å². The summed E-state index contributed by atoms with van der Waals surface area (Å²) in [4.78, 5) is 86.3. The van der Waals surface area contributed by atoms with Crippen LogP contribution in [0.3, 0.4) is 0 Å². The first kappa shape index (κ1) is 54.8. The molecule has 0 aromatic carbocycles. The zero-order valence-corrected chi connectivity index (χ0v) is 46.3. The Morgan fingerprint density at radius 2 is 0.890 bits per heavy atom. The van der Waals surface area contributed by atoms with Crippen LogP contribution < -0.4 is 63.0 Å². The van der Waals surface area contributed by atoms with Gasteiger partial charge in [-0.1, -0.05) is 12.8 Å². The summed E-state index contributed by atoms with van der Waals surface area (Å²) in [7, 11) is 0. The highest BCUT2D eigenvalue weighted by Crippen LogP contribution is 2.39. The predicted molar refractivity (Wildman–Crippen MR) is 301 cm³/mol. The molecule has 0 spiro atoms. The lowest BCUT2D eigenvalue weighted by Gasteiger charge is -2.31. The Morgan fingerprint density at radius 1 is 0.476 bits per heavy atom. The van der Waals surface area contributed by atoms with E-state index in [9.17, 15) is 39.6 Å². The normalized spacial score (nSPS) is 33.1. The molecule has 5 aliphatic carbocycles. The molecular formula is C54H80N20O8. The van der Waals surface area contributed by atoms with Gasteiger partial charge in [-0.2, -0.15) is 19.9 Å². The zero-order valence-electron chi connectivity index (χ0n) is 46.3. The van der Waals surface area contributed by atoms with Gasteiger partial charge in [-0.15, -0.1) is 0 Å². The van der Waals surface area contributed by atoms with Gasteiger partial charge in [0.2, 0.25) is 23.7 Å². The van der Waals surface area contributed by atoms with E-state index in [0.29, 0.717) is 84.9 Å². The number of carbonyl (C=O) groups excluding carboxylic acids is 4. The number of aliphatic hydroxyl groups excluding tert-OH is 4. The monoisotopic (exact) mass is 1140 g/mol. The van der Waals surface area contributed by atoms with Crippen LogP contribution in [0.2, 0.25) is 0 Å². The van der Waals surface area contributed by atoms with Crippen LogP contribution in [0.5, 0.6) is 0 Å². The summed E-state index contributed by atoms with van der Waals surface area (Å²) in [5.41, 5.74) is 1.98. The fourth-order valence-corrected chi connectivity index (χ4v) is 13.8. The molecule has 0 bridgehead atoms. The molecule has 13 rings (SSSR count). The number of aromatic nitrogens is 8. The van der Waals surface area contributed by atoms with Crippen LogP contribution >= 0.6 is 0 Å². The molecule has 4 aromatic heterocycles. The molecule has 9 fully saturated rings. The van der Waals surface area contributed by atoms with Crippen LogP contribution in [0.25, 0.3) is 22.3 Å². The second-order valence-electron chi connectivity index (χ2n) is 24.8. The van der Waals surface area contributed by atoms with Crippen molar-refractivity contribution >= 4 is 69.7 Å². The lowest BCUT2D eigenvalue weighted by atomic mass is 9.84. The minimum atomic E-state index is -1.19. The number of aliphatic hydroxyl groups is 4. The van der Waals surface area contributed by atoms with Crippen molar-refractivity contribution in [3.05, 3.63) is 12.7 Å². The Balaban J connectivity index is 0.728. The van der Waals surface area contributed by atoms with Gasteiger partial charge < -0.3 is 92.5 Å². The molecule has 444 valence electrons. The summed E-state index contributed by atoms with van der Waals surface area (Å²) in [5, 5.41) is 78.1. The average molecular weight is 1140 g/mol. The summed E-state index contributed by atoms with van der Waals surface area (Å²) in [5.74, 6) is 1.62. The highest BCUT2D eigenvalue weighted by molar-refractivity contribution is 5.86. The minimum absolute atomic E-state index is 0.0229. The van der Waals surface area contributed by atoms with E-state index in [1.165, 1.54) is 0 Å². The van der Waals surface area contributed by atoms with Crippen molar-refractivity contribution in [3.63, 3.8) is 0 Å². The molecule has 4 aromatic rings. The molecule has 28 heteroatoms. The maximum absolute atomic E-state index is 13.0. The topological polar surface area (TPSA) is 363 Å². The number of rotatable bonds is 16. The molecule has 12 atom stereocenters. The second-order valence-corrected chi connectivity index (χ2v) is 24.8. The molecule has 4 saturated heterocycles. The van der Waals surface area contributed by atoms with E-state index in [0.717, 1.165) is 103 Å². The lowest BCUT2D eigenvalue weighted by molar-refractivity contribution is -0.129. The maximum Gasteiger partial charge on any atom is 0.315 e. The molecule has 4 aliphatic heterocycles. The van der Waals surface area contributed by atoms with E-state index < -0.39 is 48.6 Å². The Morgan fingerprint density at radius 3 is 1.27 bits per heavy atom. The molecule has 82 heavy (non-hydrogen) atoms. The number of nitrogens with one attached hydrogen (secondary N) is 10. The van der Waals surface area contributed by atoms with E-state index in [-0.39, 0.29) is 84.8 Å². The lowest BCUT2D eigenvalue weighted by Crippen LogP contribution is -2.47. The Labute approximate surface area is 474 Å². The third-order valence-electron chi connectivity index (χ3n) is 19.3. The quantitative estimate of drug-likeness (QED) is 0.0652. The smallest absolute Gasteiger partial charge is 0.315 e. The van der Waals surface area contributed by atoms with Crippen LogP contribution in [0.1, 0.15) is 115 Å². The van der Waals surface area contributed by atoms with E-state index in [1.54, 1.807) is 21.8 Å². The first-order valence-corrected chi connectivity index (χ1v) is 30.3. The number of carbonyl (C=O) groups is 4. The van der Waals surface area contributed by atoms with Crippen molar-refractivity contribution in [1.82, 2.24) is 81.6 Å². The summed E-state index contributed by atoms with van der Waals surface area (Å²) >= 11 is 0. The predicted octanol–water partition coefficient (Wildman–Crippen LogP) is -0.816. The summed E-state index contributed by atoms with van der Waals surface area (Å²) in [6.45, 7) is 5.37. The number of hydrogen-bond donors (Lipinski definition) is 14. The fourth-order valence-electron chi connectivity index (χ4n) is 13.8. The number of nitrogens with zero attached hydrogens (tertiary/aromatic N) is 10. The van der Waals surface area contributed by atoms with Gasteiger partial charge in [-0.05, 0) is 103 Å². The Hall–Kier alpha value is -6.46. The van der Waals surface area contributed by atoms with Gasteiger partial charge in [-0.3, -0.25) is 9.59 Å². The van der Waals surface area contributed by atoms with Crippen molar-refractivity contribution < 1.29 is 39.6 Å². The molecular weight excluding hydrogens is 1060 g/mol. The van der Waals surface area contributed by atoms with Gasteiger partial charge in [0.15, 0.2) is 34.0 Å². The van der Waals surface area contributed by atoms with Crippen LogP contribution in [-0.2, 0) is 9.59 Å². The highest BCUT2D eigenvalue weighted by atomic mass is 16.3. The number of anilines is 4. The molecule has 0 unspecified atom stereocenters. The summed E-state index contributed by atoms with van der Waals surface area (Å²) < 4.78 is 3.60. The standard InChI is InChI=1S/C54H80N20O8/c75-41-35(65-49(79)27-3-1-4-27)19-37(43(41)77)73-25-57-39-45(67-51(69-47(39)73)71-17-13-33(23-71)63-53(81)61-31-11-15-55-21-31)59-29-7-9-30(10-8-29)60-46-40-48(70-52(68-46)72-18-14-34(24-72)64-54(82)62-32-12-16-56-22-32)74(26-58-40)38-20-36(42(76)44(38)78)66-50(80)28-5-2-6-28/h25-38,41-44,55-56,75-78H,1-24H2,(H,65,79)(H,66,80)(H,59,67,69)(H,60,68,70)(H2,61,63,81)(H2,62,64,82)/t29?,30?,31-,32-,33-,34-,35+,36+,37-,38-,41-,42-,43+,44+/m1/s1. The van der Waals surface area contributed by atoms with Crippen LogP contribution in [-0.4, -0.2) is 208 Å². The summed E-state index contributed by atoms with van der Waals surface area (Å²) in [6.07, 6.45) is 10.5. The van der Waals surface area contributed by atoms with E-state index >= 15 is 0 Å². The maximum atomic E-state index is 13.0. The average Bonchev–Trinajstić information content (AvgIpc) is 3.67. The van der Waals surface area contributed by atoms with Crippen molar-refractivity contribution in [2.24, 2.45) is 11.8 Å². The Bertz CT molecular complexity index is 2780. The van der Waals surface area contributed by atoms with Gasteiger partial charge in [-0.25, -0.2) is 19.6 Å². The number of urea groups is 2.